The van der Waals surface area contributed by atoms with Crippen molar-refractivity contribution in [2.45, 2.75) is 162 Å². The Balaban J connectivity index is 1.35. The maximum Gasteiger partial charge on any atom is 0.316 e. The van der Waals surface area contributed by atoms with Crippen LogP contribution in [0.2, 0.25) is 10.0 Å². The molecule has 1 aliphatic carbocycles. The maximum atomic E-state index is 14.3. The number of carbonyl (C=O) groups excluding carboxylic acids is 3. The molecule has 2 aliphatic heterocycles. The molecule has 16 heteroatoms. The first-order valence-electron chi connectivity index (χ1n) is 23.9. The van der Waals surface area contributed by atoms with Crippen molar-refractivity contribution in [2.24, 2.45) is 23.7 Å². The molecule has 0 spiro atoms. The van der Waals surface area contributed by atoms with Crippen LogP contribution < -0.4 is 14.4 Å². The number of methoxy groups -OCH3 is 3. The van der Waals surface area contributed by atoms with Crippen molar-refractivity contribution >= 4 is 58.4 Å². The topological polar surface area (TPSA) is 141 Å². The van der Waals surface area contributed by atoms with Gasteiger partial charge in [0, 0.05) is 81.5 Å². The van der Waals surface area contributed by atoms with Gasteiger partial charge in [-0.3, -0.25) is 19.4 Å². The van der Waals surface area contributed by atoms with Crippen LogP contribution in [0.4, 0.5) is 5.69 Å². The van der Waals surface area contributed by atoms with Gasteiger partial charge in [-0.25, -0.2) is 0 Å². The van der Waals surface area contributed by atoms with Gasteiger partial charge in [-0.1, -0.05) is 50.9 Å². The van der Waals surface area contributed by atoms with E-state index in [0.717, 1.165) is 36.9 Å². The SMILES string of the molecule is CC[C@H]1OC(=O)[C@H](C)[C@@H](OC2C[C@@](C)(OC)C[C@H](C)O2)[C@H](C)[C@@H](C)[C@H](OC)C[C@@H](C)C(=O)/C(C)=C/[C@@H]1OC(=O)CSCCN(Cc1c(Cl)cncc1Cl)c1ccc(OC)c(OC2CCCC2)c1. The molecule has 0 amide bonds. The van der Waals surface area contributed by atoms with Gasteiger partial charge in [-0.2, -0.15) is 0 Å². The predicted molar refractivity (Wildman–Crippen MR) is 263 cm³/mol. The van der Waals surface area contributed by atoms with Crippen molar-refractivity contribution in [1.82, 2.24) is 4.98 Å². The van der Waals surface area contributed by atoms with E-state index in [1.165, 1.54) is 11.8 Å². The molecule has 1 aromatic carbocycles. The number of carbonyl (C=O) groups is 3. The number of hydrogen-bond donors (Lipinski definition) is 0. The van der Waals surface area contributed by atoms with Crippen LogP contribution >= 0.6 is 35.0 Å². The number of aromatic nitrogens is 1. The fraction of sp³-hybridized carbons (Fsp3) is 0.686. The smallest absolute Gasteiger partial charge is 0.316 e. The van der Waals surface area contributed by atoms with Gasteiger partial charge < -0.3 is 42.8 Å². The molecule has 5 rings (SSSR count). The maximum absolute atomic E-state index is 14.3. The van der Waals surface area contributed by atoms with Crippen molar-refractivity contribution in [3.63, 3.8) is 0 Å². The van der Waals surface area contributed by atoms with Gasteiger partial charge in [0.25, 0.3) is 0 Å². The average Bonchev–Trinajstić information content (AvgIpc) is 3.82. The lowest BCUT2D eigenvalue weighted by Gasteiger charge is -2.44. The second-order valence-electron chi connectivity index (χ2n) is 18.9. The Morgan fingerprint density at radius 3 is 2.33 bits per heavy atom. The monoisotopic (exact) mass is 992 g/mol. The number of ketones is 1. The summed E-state index contributed by atoms with van der Waals surface area (Å²) in [6.45, 7) is 16.3. The van der Waals surface area contributed by atoms with E-state index in [0.29, 0.717) is 71.6 Å². The van der Waals surface area contributed by atoms with Gasteiger partial charge in [-0.15, -0.1) is 11.8 Å². The number of thioether (sulfide) groups is 1. The Morgan fingerprint density at radius 2 is 1.69 bits per heavy atom. The Morgan fingerprint density at radius 1 is 0.985 bits per heavy atom. The van der Waals surface area contributed by atoms with E-state index >= 15 is 0 Å². The molecule has 3 heterocycles. The fourth-order valence-electron chi connectivity index (χ4n) is 9.58. The van der Waals surface area contributed by atoms with Gasteiger partial charge in [0.1, 0.15) is 6.10 Å². The molecule has 0 N–H and O–H groups in total. The normalized spacial score (nSPS) is 31.0. The number of anilines is 1. The lowest BCUT2D eigenvalue weighted by Crippen LogP contribution is -2.49. The van der Waals surface area contributed by atoms with E-state index in [1.807, 2.05) is 52.8 Å². The van der Waals surface area contributed by atoms with Crippen LogP contribution in [0, 0.1) is 23.7 Å². The summed E-state index contributed by atoms with van der Waals surface area (Å²) in [5.74, 6) is -0.792. The van der Waals surface area contributed by atoms with E-state index in [9.17, 15) is 14.4 Å². The summed E-state index contributed by atoms with van der Waals surface area (Å²) >= 11 is 14.6. The summed E-state index contributed by atoms with van der Waals surface area (Å²) < 4.78 is 49.5. The molecule has 1 aromatic heterocycles. The highest BCUT2D eigenvalue weighted by Crippen LogP contribution is 2.39. The molecular weight excluding hydrogens is 920 g/mol. The largest absolute Gasteiger partial charge is 0.493 e. The van der Waals surface area contributed by atoms with Crippen LogP contribution in [-0.4, -0.2) is 111 Å². The number of halogens is 2. The van der Waals surface area contributed by atoms with E-state index in [-0.39, 0.29) is 41.7 Å². The molecule has 374 valence electrons. The number of rotatable bonds is 17. The number of Topliss-reactive ketones (excluding diaryl/α,β-unsaturated/α-hetero) is 1. The Hall–Kier alpha value is -3.11. The number of nitrogens with zero attached hydrogens (tertiary/aromatic N) is 2. The minimum Gasteiger partial charge on any atom is -0.493 e. The first kappa shape index (κ1) is 54.8. The first-order valence-corrected chi connectivity index (χ1v) is 25.8. The molecule has 1 saturated carbocycles. The average molecular weight is 994 g/mol. The summed E-state index contributed by atoms with van der Waals surface area (Å²) in [5.41, 5.74) is 1.53. The van der Waals surface area contributed by atoms with Gasteiger partial charge >= 0.3 is 11.9 Å². The Kier molecular flexibility index (Phi) is 21.0. The minimum absolute atomic E-state index is 0.00117. The van der Waals surface area contributed by atoms with Crippen LogP contribution in [-0.2, 0) is 49.3 Å². The molecule has 2 aromatic rings. The minimum atomic E-state index is -1.03. The van der Waals surface area contributed by atoms with Crippen LogP contribution in [0.1, 0.15) is 112 Å². The van der Waals surface area contributed by atoms with Gasteiger partial charge in [0.15, 0.2) is 29.7 Å². The molecule has 3 aliphatic rings. The lowest BCUT2D eigenvalue weighted by atomic mass is 9.78. The molecule has 1 saturated heterocycles. The molecule has 67 heavy (non-hydrogen) atoms. The molecule has 11 atom stereocenters. The highest BCUT2D eigenvalue weighted by atomic mass is 35.5. The highest BCUT2D eigenvalue weighted by molar-refractivity contribution is 7.99. The molecular formula is C51H74Cl2N2O11S. The second-order valence-corrected chi connectivity index (χ2v) is 20.8. The van der Waals surface area contributed by atoms with Gasteiger partial charge in [0.05, 0.1) is 58.8 Å². The summed E-state index contributed by atoms with van der Waals surface area (Å²) in [7, 11) is 4.96. The number of hydrogen-bond acceptors (Lipinski definition) is 14. The molecule has 0 bridgehead atoms. The van der Waals surface area contributed by atoms with Crippen molar-refractivity contribution < 1.29 is 52.3 Å². The zero-order valence-corrected chi connectivity index (χ0v) is 43.7. The van der Waals surface area contributed by atoms with Crippen molar-refractivity contribution in [3.05, 3.63) is 57.9 Å². The molecule has 13 nitrogen and oxygen atoms in total. The van der Waals surface area contributed by atoms with Crippen molar-refractivity contribution in [1.29, 1.82) is 0 Å². The Bertz CT molecular complexity index is 1970. The summed E-state index contributed by atoms with van der Waals surface area (Å²) in [6, 6.07) is 5.83. The lowest BCUT2D eigenvalue weighted by molar-refractivity contribution is -0.266. The van der Waals surface area contributed by atoms with E-state index in [4.69, 9.17) is 61.1 Å². The predicted octanol–water partition coefficient (Wildman–Crippen LogP) is 10.5. The van der Waals surface area contributed by atoms with Crippen LogP contribution in [0.15, 0.2) is 42.2 Å². The van der Waals surface area contributed by atoms with Crippen LogP contribution in [0.3, 0.4) is 0 Å². The summed E-state index contributed by atoms with van der Waals surface area (Å²) in [4.78, 5) is 48.4. The van der Waals surface area contributed by atoms with Crippen molar-refractivity contribution in [2.75, 3.05) is 44.3 Å². The summed E-state index contributed by atoms with van der Waals surface area (Å²) in [5, 5.41) is 0.885. The number of benzene rings is 1. The van der Waals surface area contributed by atoms with Crippen LogP contribution in [0.5, 0.6) is 11.5 Å². The second kappa shape index (κ2) is 25.7. The Labute approximate surface area is 412 Å². The van der Waals surface area contributed by atoms with Gasteiger partial charge in [0.2, 0.25) is 0 Å². The number of cyclic esters (lactones) is 1. The zero-order chi connectivity index (χ0) is 49.0. The molecule has 0 radical (unpaired) electrons. The highest BCUT2D eigenvalue weighted by Gasteiger charge is 2.44. The first-order chi connectivity index (χ1) is 31.9. The third-order valence-corrected chi connectivity index (χ3v) is 15.4. The number of allylic oxidation sites excluding steroid dienone is 1. The quantitative estimate of drug-likeness (QED) is 0.110. The number of esters is 2. The van der Waals surface area contributed by atoms with E-state index < -0.39 is 54.0 Å². The van der Waals surface area contributed by atoms with Gasteiger partial charge in [-0.05, 0) is 102 Å². The zero-order valence-electron chi connectivity index (χ0n) is 41.3. The molecule has 2 fully saturated rings. The third-order valence-electron chi connectivity index (χ3n) is 13.9. The van der Waals surface area contributed by atoms with Crippen molar-refractivity contribution in [3.8, 4) is 11.5 Å². The number of pyridine rings is 1. The van der Waals surface area contributed by atoms with Crippen LogP contribution in [0.25, 0.3) is 0 Å². The molecule has 1 unspecified atom stereocenters. The van der Waals surface area contributed by atoms with E-state index in [2.05, 4.69) is 16.8 Å². The summed E-state index contributed by atoms with van der Waals surface area (Å²) in [6.07, 6.45) is 7.43. The third kappa shape index (κ3) is 14.9. The number of ether oxygens (including phenoxy) is 8. The van der Waals surface area contributed by atoms with E-state index in [1.54, 1.807) is 53.6 Å². The fourth-order valence-corrected chi connectivity index (χ4v) is 10.8. The standard InChI is InChI=1S/C51H74Cl2N2O11S/c1-12-41-44(22-31(3)48(57)30(2)21-43(60-10)33(5)34(6)49(35(7)50(58)65-41)66-47-25-51(8,61-11)24-32(4)62-47)64-46(56)29-67-20-19-55(28-38-39(52)26-54-27-40(38)53)36-17-18-42(59-9)45(23-36)63-37-15-13-14-16-37/h17-18,22-23,26-27,30,32-35,37,41,43-44,47,49H,12-16,19-21,24-25,28-29H2,1-11H3/b31-22+/t30-,32+,33-,34-,35-,41-,43-,44+,47?,49+,51+/m1/s1.